The predicted octanol–water partition coefficient (Wildman–Crippen LogP) is 4.87. The van der Waals surface area contributed by atoms with Crippen LogP contribution < -0.4 is 0 Å². The Morgan fingerprint density at radius 3 is 1.85 bits per heavy atom. The Morgan fingerprint density at radius 1 is 1.05 bits per heavy atom. The summed E-state index contributed by atoms with van der Waals surface area (Å²) in [4.78, 5) is 10.4. The number of carboxylic acid groups (broad SMARTS) is 1. The molecule has 0 aliphatic carbocycles. The monoisotopic (exact) mass is 294 g/mol. The summed E-state index contributed by atoms with van der Waals surface area (Å²) >= 11 is 0. The van der Waals surface area contributed by atoms with Gasteiger partial charge in [0.2, 0.25) is 0 Å². The molecule has 0 aliphatic heterocycles. The average Bonchev–Trinajstić information content (AvgIpc) is 2.27. The molecule has 0 radical (unpaired) electrons. The third-order valence-electron chi connectivity index (χ3n) is 4.15. The van der Waals surface area contributed by atoms with E-state index in [9.17, 15) is 4.79 Å². The molecule has 0 rings (SSSR count). The molecule has 1 N–H and O–H groups in total. The van der Waals surface area contributed by atoms with Gasteiger partial charge in [0.25, 0.3) is 0 Å². The maximum Gasteiger partial charge on any atom is 0.327 e. The van der Waals surface area contributed by atoms with Gasteiger partial charge in [0.1, 0.15) is 8.07 Å². The third kappa shape index (κ3) is 5.17. The molecule has 0 bridgehead atoms. The SMILES string of the molecule is CC(C#C[Si](C(C)C)(C(C)C)C(C)C)C/C=C/C(=O)O. The zero-order valence-electron chi connectivity index (χ0n) is 14.0. The van der Waals surface area contributed by atoms with E-state index in [0.717, 1.165) is 0 Å². The van der Waals surface area contributed by atoms with Crippen LogP contribution >= 0.6 is 0 Å². The van der Waals surface area contributed by atoms with Crippen LogP contribution in [0.15, 0.2) is 12.2 Å². The molecule has 114 valence electrons. The topological polar surface area (TPSA) is 37.3 Å². The van der Waals surface area contributed by atoms with Crippen molar-refractivity contribution in [3.05, 3.63) is 12.2 Å². The number of aliphatic carboxylic acids is 1. The van der Waals surface area contributed by atoms with Crippen molar-refractivity contribution >= 4 is 14.0 Å². The summed E-state index contributed by atoms with van der Waals surface area (Å²) in [6.07, 6.45) is 3.61. The highest BCUT2D eigenvalue weighted by atomic mass is 28.3. The number of hydrogen-bond acceptors (Lipinski definition) is 1. The maximum absolute atomic E-state index is 10.4. The minimum Gasteiger partial charge on any atom is -0.478 e. The van der Waals surface area contributed by atoms with Crippen LogP contribution in [0.4, 0.5) is 0 Å². The Bertz CT molecular complexity index is 375. The Hall–Kier alpha value is -1.01. The highest BCUT2D eigenvalue weighted by molar-refractivity contribution is 6.90. The first kappa shape index (κ1) is 19.0. The minimum atomic E-state index is -1.65. The van der Waals surface area contributed by atoms with E-state index in [0.29, 0.717) is 23.0 Å². The Balaban J connectivity index is 5.10. The largest absolute Gasteiger partial charge is 0.478 e. The maximum atomic E-state index is 10.4. The first-order valence-corrected chi connectivity index (χ1v) is 9.79. The highest BCUT2D eigenvalue weighted by Gasteiger charge is 2.41. The summed E-state index contributed by atoms with van der Waals surface area (Å²) in [6, 6.07) is 0. The lowest BCUT2D eigenvalue weighted by Crippen LogP contribution is -2.43. The van der Waals surface area contributed by atoms with E-state index in [1.54, 1.807) is 6.08 Å². The van der Waals surface area contributed by atoms with Crippen molar-refractivity contribution in [2.75, 3.05) is 0 Å². The molecule has 2 nitrogen and oxygen atoms in total. The summed E-state index contributed by atoms with van der Waals surface area (Å²) < 4.78 is 0. The predicted molar refractivity (Wildman–Crippen MR) is 89.4 cm³/mol. The molecular weight excluding hydrogens is 264 g/mol. The van der Waals surface area contributed by atoms with Gasteiger partial charge in [-0.2, -0.15) is 0 Å². The molecule has 0 spiro atoms. The zero-order valence-corrected chi connectivity index (χ0v) is 15.0. The number of carboxylic acids is 1. The van der Waals surface area contributed by atoms with Crippen LogP contribution in [0, 0.1) is 17.4 Å². The number of carbonyl (C=O) groups is 1. The van der Waals surface area contributed by atoms with Gasteiger partial charge in [-0.15, -0.1) is 11.5 Å². The van der Waals surface area contributed by atoms with Gasteiger partial charge < -0.3 is 5.11 Å². The van der Waals surface area contributed by atoms with E-state index in [4.69, 9.17) is 5.11 Å². The van der Waals surface area contributed by atoms with Crippen LogP contribution in [0.25, 0.3) is 0 Å². The van der Waals surface area contributed by atoms with E-state index in [1.165, 1.54) is 6.08 Å². The lowest BCUT2D eigenvalue weighted by atomic mass is 10.1. The quantitative estimate of drug-likeness (QED) is 0.431. The molecule has 0 fully saturated rings. The lowest BCUT2D eigenvalue weighted by Gasteiger charge is -2.38. The van der Waals surface area contributed by atoms with E-state index >= 15 is 0 Å². The van der Waals surface area contributed by atoms with Crippen molar-refractivity contribution in [1.82, 2.24) is 0 Å². The van der Waals surface area contributed by atoms with E-state index in [1.807, 2.05) is 0 Å². The van der Waals surface area contributed by atoms with Crippen molar-refractivity contribution in [2.45, 2.75) is 71.5 Å². The number of allylic oxidation sites excluding steroid dienone is 1. The van der Waals surface area contributed by atoms with E-state index in [-0.39, 0.29) is 5.92 Å². The molecule has 0 aromatic carbocycles. The van der Waals surface area contributed by atoms with Crippen LogP contribution in [-0.2, 0) is 4.79 Å². The van der Waals surface area contributed by atoms with Crippen LogP contribution in [0.5, 0.6) is 0 Å². The average molecular weight is 295 g/mol. The first-order valence-electron chi connectivity index (χ1n) is 7.56. The van der Waals surface area contributed by atoms with Crippen molar-refractivity contribution in [1.29, 1.82) is 0 Å². The number of rotatable bonds is 6. The molecule has 20 heavy (non-hydrogen) atoms. The van der Waals surface area contributed by atoms with Crippen molar-refractivity contribution < 1.29 is 9.90 Å². The standard InChI is InChI=1S/C17H30O2Si/c1-13(2)20(14(3)4,15(5)6)12-11-16(7)9-8-10-17(18)19/h8,10,13-16H,9H2,1-7H3,(H,18,19)/b10-8+. The second kappa shape index (κ2) is 8.31. The molecule has 0 aromatic heterocycles. The van der Waals surface area contributed by atoms with Gasteiger partial charge in [-0.1, -0.05) is 54.5 Å². The Morgan fingerprint density at radius 2 is 1.50 bits per heavy atom. The third-order valence-corrected chi connectivity index (χ3v) is 10.5. The van der Waals surface area contributed by atoms with Crippen LogP contribution in [0.3, 0.4) is 0 Å². The normalized spacial score (nSPS) is 13.9. The molecule has 1 atom stereocenters. The second-order valence-corrected chi connectivity index (χ2v) is 12.1. The summed E-state index contributed by atoms with van der Waals surface area (Å²) in [7, 11) is -1.65. The lowest BCUT2D eigenvalue weighted by molar-refractivity contribution is -0.131. The van der Waals surface area contributed by atoms with Gasteiger partial charge in [0, 0.05) is 12.0 Å². The van der Waals surface area contributed by atoms with Gasteiger partial charge in [-0.05, 0) is 23.0 Å². The van der Waals surface area contributed by atoms with Crippen LogP contribution in [0.1, 0.15) is 54.9 Å². The molecule has 0 saturated carbocycles. The molecule has 3 heteroatoms. The Labute approximate surface area is 125 Å². The summed E-state index contributed by atoms with van der Waals surface area (Å²) in [6.45, 7) is 15.9. The molecule has 0 heterocycles. The molecule has 1 unspecified atom stereocenters. The number of hydrogen-bond donors (Lipinski definition) is 1. The van der Waals surface area contributed by atoms with Crippen LogP contribution in [0.2, 0.25) is 16.6 Å². The summed E-state index contributed by atoms with van der Waals surface area (Å²) in [5.41, 5.74) is 5.58. The first-order chi connectivity index (χ1) is 9.14. The highest BCUT2D eigenvalue weighted by Crippen LogP contribution is 2.40. The van der Waals surface area contributed by atoms with Gasteiger partial charge in [-0.25, -0.2) is 4.79 Å². The van der Waals surface area contributed by atoms with Crippen LogP contribution in [-0.4, -0.2) is 19.1 Å². The van der Waals surface area contributed by atoms with E-state index in [2.05, 4.69) is 59.9 Å². The van der Waals surface area contributed by atoms with Crippen molar-refractivity contribution in [3.8, 4) is 11.5 Å². The molecule has 0 aromatic rings. The van der Waals surface area contributed by atoms with Gasteiger partial charge in [0.15, 0.2) is 0 Å². The minimum absolute atomic E-state index is 0.216. The van der Waals surface area contributed by atoms with Gasteiger partial charge in [0.05, 0.1) is 0 Å². The molecule has 0 aliphatic rings. The van der Waals surface area contributed by atoms with Gasteiger partial charge >= 0.3 is 5.97 Å². The zero-order chi connectivity index (χ0) is 15.9. The van der Waals surface area contributed by atoms with Gasteiger partial charge in [-0.3, -0.25) is 0 Å². The summed E-state index contributed by atoms with van der Waals surface area (Å²) in [5.74, 6) is 2.74. The van der Waals surface area contributed by atoms with Crippen molar-refractivity contribution in [2.24, 2.45) is 5.92 Å². The molecular formula is C17H30O2Si. The summed E-state index contributed by atoms with van der Waals surface area (Å²) in [5, 5.41) is 8.59. The second-order valence-electron chi connectivity index (χ2n) is 6.54. The fraction of sp³-hybridized carbons (Fsp3) is 0.706. The van der Waals surface area contributed by atoms with Crippen molar-refractivity contribution in [3.63, 3.8) is 0 Å². The Kier molecular flexibility index (Phi) is 7.89. The molecule has 0 amide bonds. The molecule has 0 saturated heterocycles. The fourth-order valence-corrected chi connectivity index (χ4v) is 8.48. The fourth-order valence-electron chi connectivity index (χ4n) is 3.11. The van der Waals surface area contributed by atoms with E-state index < -0.39 is 14.0 Å². The smallest absolute Gasteiger partial charge is 0.327 e.